The Morgan fingerprint density at radius 2 is 1.56 bits per heavy atom. The van der Waals surface area contributed by atoms with Gasteiger partial charge in [0.05, 0.1) is 0 Å². The van der Waals surface area contributed by atoms with Crippen LogP contribution in [0.3, 0.4) is 0 Å². The molecule has 3 N–H and O–H groups in total. The zero-order valence-electron chi connectivity index (χ0n) is 19.7. The number of carbonyl (C=O) groups is 3. The minimum Gasteiger partial charge on any atom is -0.480 e. The van der Waals surface area contributed by atoms with Crippen molar-refractivity contribution < 1.29 is 24.2 Å². The standard InChI is InChI=1S/C26H32N2O5S/c1-16(2)14-23(24(29)27-22(25(30)31)12-13-34-3)28-26(32)33-15-21-19-10-6-4-8-17(19)18-9-5-7-11-20(18)21/h4-11,16,21-23H,12-15H2,1-3H3,(H,27,29)(H,28,32)(H,30,31)/t22-,23?/m1/s1. The van der Waals surface area contributed by atoms with E-state index < -0.39 is 30.1 Å². The number of fused-ring (bicyclic) bond motifs is 3. The Hall–Kier alpha value is -3.00. The van der Waals surface area contributed by atoms with Crippen molar-refractivity contribution in [3.63, 3.8) is 0 Å². The number of nitrogens with one attached hydrogen (secondary N) is 2. The van der Waals surface area contributed by atoms with Crippen molar-refractivity contribution in [3.8, 4) is 11.1 Å². The number of amides is 2. The van der Waals surface area contributed by atoms with E-state index in [0.717, 1.165) is 22.3 Å². The van der Waals surface area contributed by atoms with Gasteiger partial charge < -0.3 is 20.5 Å². The highest BCUT2D eigenvalue weighted by molar-refractivity contribution is 7.98. The van der Waals surface area contributed by atoms with Gasteiger partial charge in [-0.2, -0.15) is 11.8 Å². The molecule has 1 aliphatic rings. The van der Waals surface area contributed by atoms with Gasteiger partial charge in [0.2, 0.25) is 5.91 Å². The Labute approximate surface area is 204 Å². The summed E-state index contributed by atoms with van der Waals surface area (Å²) < 4.78 is 5.57. The first-order valence-electron chi connectivity index (χ1n) is 11.5. The second-order valence-electron chi connectivity index (χ2n) is 8.83. The second kappa shape index (κ2) is 11.9. The van der Waals surface area contributed by atoms with Gasteiger partial charge in [0.15, 0.2) is 0 Å². The summed E-state index contributed by atoms with van der Waals surface area (Å²) in [6.45, 7) is 4.01. The topological polar surface area (TPSA) is 105 Å². The van der Waals surface area contributed by atoms with E-state index in [0.29, 0.717) is 18.6 Å². The third-order valence-corrected chi connectivity index (χ3v) is 6.53. The highest BCUT2D eigenvalue weighted by Gasteiger charge is 2.31. The van der Waals surface area contributed by atoms with Crippen molar-refractivity contribution in [2.24, 2.45) is 5.92 Å². The third-order valence-electron chi connectivity index (χ3n) is 5.88. The van der Waals surface area contributed by atoms with E-state index in [9.17, 15) is 19.5 Å². The maximum atomic E-state index is 12.8. The van der Waals surface area contributed by atoms with Crippen LogP contribution in [0.25, 0.3) is 11.1 Å². The Morgan fingerprint density at radius 3 is 2.09 bits per heavy atom. The minimum atomic E-state index is -1.09. The summed E-state index contributed by atoms with van der Waals surface area (Å²) in [5.41, 5.74) is 4.47. The lowest BCUT2D eigenvalue weighted by Gasteiger charge is -2.23. The molecule has 8 heteroatoms. The van der Waals surface area contributed by atoms with Crippen LogP contribution in [0, 0.1) is 5.92 Å². The third kappa shape index (κ3) is 6.32. The maximum Gasteiger partial charge on any atom is 0.407 e. The number of hydrogen-bond donors (Lipinski definition) is 3. The molecule has 3 rings (SSSR count). The summed E-state index contributed by atoms with van der Waals surface area (Å²) in [5, 5.41) is 14.6. The first kappa shape index (κ1) is 25.6. The van der Waals surface area contributed by atoms with Gasteiger partial charge in [0, 0.05) is 5.92 Å². The molecular formula is C26H32N2O5S. The van der Waals surface area contributed by atoms with Crippen LogP contribution in [0.1, 0.15) is 43.7 Å². The molecule has 2 aromatic carbocycles. The predicted octanol–water partition coefficient (Wildman–Crippen LogP) is 4.26. The van der Waals surface area contributed by atoms with E-state index in [1.165, 1.54) is 11.8 Å². The van der Waals surface area contributed by atoms with Crippen molar-refractivity contribution in [2.75, 3.05) is 18.6 Å². The van der Waals surface area contributed by atoms with E-state index >= 15 is 0 Å². The molecule has 34 heavy (non-hydrogen) atoms. The van der Waals surface area contributed by atoms with Crippen LogP contribution in [0.2, 0.25) is 0 Å². The Bertz CT molecular complexity index is 980. The molecule has 0 bridgehead atoms. The fourth-order valence-electron chi connectivity index (χ4n) is 4.25. The largest absolute Gasteiger partial charge is 0.480 e. The van der Waals surface area contributed by atoms with Gasteiger partial charge in [-0.1, -0.05) is 62.4 Å². The summed E-state index contributed by atoms with van der Waals surface area (Å²) in [6.07, 6.45) is 1.85. The lowest BCUT2D eigenvalue weighted by Crippen LogP contribution is -2.52. The Balaban J connectivity index is 1.65. The smallest absolute Gasteiger partial charge is 0.407 e. The fraction of sp³-hybridized carbons (Fsp3) is 0.423. The number of hydrogen-bond acceptors (Lipinski definition) is 5. The second-order valence-corrected chi connectivity index (χ2v) is 9.82. The van der Waals surface area contributed by atoms with E-state index in [1.54, 1.807) is 0 Å². The molecule has 2 aromatic rings. The van der Waals surface area contributed by atoms with Crippen LogP contribution in [0.5, 0.6) is 0 Å². The van der Waals surface area contributed by atoms with Gasteiger partial charge in [-0.25, -0.2) is 9.59 Å². The van der Waals surface area contributed by atoms with Crippen LogP contribution in [0.15, 0.2) is 48.5 Å². The number of carboxylic acids is 1. The van der Waals surface area contributed by atoms with Crippen molar-refractivity contribution in [1.29, 1.82) is 0 Å². The van der Waals surface area contributed by atoms with Crippen molar-refractivity contribution in [1.82, 2.24) is 10.6 Å². The molecule has 0 saturated carbocycles. The van der Waals surface area contributed by atoms with Crippen LogP contribution in [-0.4, -0.2) is 53.8 Å². The molecular weight excluding hydrogens is 452 g/mol. The lowest BCUT2D eigenvalue weighted by atomic mass is 9.98. The monoisotopic (exact) mass is 484 g/mol. The Morgan fingerprint density at radius 1 is 0.971 bits per heavy atom. The van der Waals surface area contributed by atoms with Gasteiger partial charge in [0.25, 0.3) is 0 Å². The quantitative estimate of drug-likeness (QED) is 0.440. The van der Waals surface area contributed by atoms with Crippen LogP contribution >= 0.6 is 11.8 Å². The number of benzene rings is 2. The average Bonchev–Trinajstić information content (AvgIpc) is 3.13. The first-order valence-corrected chi connectivity index (χ1v) is 12.8. The van der Waals surface area contributed by atoms with Gasteiger partial charge in [-0.15, -0.1) is 0 Å². The SMILES string of the molecule is CSCC[C@@H](NC(=O)C(CC(C)C)NC(=O)OCC1c2ccccc2-c2ccccc21)C(=O)O. The highest BCUT2D eigenvalue weighted by atomic mass is 32.2. The molecule has 2 atom stereocenters. The van der Waals surface area contributed by atoms with E-state index in [1.807, 2.05) is 56.5 Å². The molecule has 0 heterocycles. The van der Waals surface area contributed by atoms with Gasteiger partial charge in [0.1, 0.15) is 18.7 Å². The number of thioether (sulfide) groups is 1. The molecule has 7 nitrogen and oxygen atoms in total. The highest BCUT2D eigenvalue weighted by Crippen LogP contribution is 2.44. The molecule has 2 amide bonds. The summed E-state index contributed by atoms with van der Waals surface area (Å²) in [5.74, 6) is -0.980. The van der Waals surface area contributed by atoms with Crippen LogP contribution in [0.4, 0.5) is 4.79 Å². The van der Waals surface area contributed by atoms with E-state index in [2.05, 4.69) is 22.8 Å². The summed E-state index contributed by atoms with van der Waals surface area (Å²) in [6, 6.07) is 14.2. The zero-order valence-corrected chi connectivity index (χ0v) is 20.6. The van der Waals surface area contributed by atoms with E-state index in [-0.39, 0.29) is 18.4 Å². The molecule has 0 aliphatic heterocycles. The van der Waals surface area contributed by atoms with Gasteiger partial charge >= 0.3 is 12.1 Å². The summed E-state index contributed by atoms with van der Waals surface area (Å²) in [7, 11) is 0. The number of carboxylic acid groups (broad SMARTS) is 1. The van der Waals surface area contributed by atoms with E-state index in [4.69, 9.17) is 4.74 Å². The minimum absolute atomic E-state index is 0.0848. The molecule has 0 spiro atoms. The van der Waals surface area contributed by atoms with Crippen molar-refractivity contribution in [2.45, 2.75) is 44.7 Å². The molecule has 0 saturated heterocycles. The van der Waals surface area contributed by atoms with Crippen molar-refractivity contribution >= 4 is 29.7 Å². The normalized spacial score (nSPS) is 14.1. The maximum absolute atomic E-state index is 12.8. The summed E-state index contributed by atoms with van der Waals surface area (Å²) >= 11 is 1.51. The van der Waals surface area contributed by atoms with Crippen molar-refractivity contribution in [3.05, 3.63) is 59.7 Å². The molecule has 1 aliphatic carbocycles. The van der Waals surface area contributed by atoms with Gasteiger partial charge in [-0.05, 0) is 53.0 Å². The van der Waals surface area contributed by atoms with Crippen LogP contribution in [-0.2, 0) is 14.3 Å². The molecule has 0 aromatic heterocycles. The number of aliphatic carboxylic acids is 1. The average molecular weight is 485 g/mol. The Kier molecular flexibility index (Phi) is 8.98. The zero-order chi connectivity index (χ0) is 24.7. The number of rotatable bonds is 11. The van der Waals surface area contributed by atoms with Gasteiger partial charge in [-0.3, -0.25) is 4.79 Å². The molecule has 1 unspecified atom stereocenters. The molecule has 182 valence electrons. The molecule has 0 fully saturated rings. The lowest BCUT2D eigenvalue weighted by molar-refractivity contribution is -0.142. The number of ether oxygens (including phenoxy) is 1. The summed E-state index contributed by atoms with van der Waals surface area (Å²) in [4.78, 5) is 37.0. The fourth-order valence-corrected chi connectivity index (χ4v) is 4.72. The molecule has 0 radical (unpaired) electrons. The number of alkyl carbamates (subject to hydrolysis) is 1. The first-order chi connectivity index (χ1) is 16.3. The number of carbonyl (C=O) groups excluding carboxylic acids is 2. The predicted molar refractivity (Wildman–Crippen MR) is 134 cm³/mol. The van der Waals surface area contributed by atoms with Crippen LogP contribution < -0.4 is 10.6 Å².